The van der Waals surface area contributed by atoms with Crippen molar-refractivity contribution in [3.8, 4) is 0 Å². The molecule has 0 bridgehead atoms. The molecule has 0 aliphatic carbocycles. The van der Waals surface area contributed by atoms with Gasteiger partial charge in [-0.15, -0.1) is 0 Å². The zero-order valence-electron chi connectivity index (χ0n) is 21.8. The fourth-order valence-corrected chi connectivity index (χ4v) is 5.48. The molecular formula is C31H50. The van der Waals surface area contributed by atoms with Gasteiger partial charge in [-0.05, 0) is 102 Å². The molecule has 0 nitrogen and oxygen atoms in total. The lowest BCUT2D eigenvalue weighted by Crippen LogP contribution is -2.10. The number of aryl methyl sites for hydroxylation is 4. The van der Waals surface area contributed by atoms with Gasteiger partial charge in [-0.1, -0.05) is 92.2 Å². The standard InChI is InChI=1S/C31H50/c1-7-13-19-26-27(20-14-8-2)29(18-12-6)31-25(17-11-5)24(16-10-4)22-23-30(31)28(26)21-15-9-3/h22-23H,7-21H2,1-6H3. The fourth-order valence-electron chi connectivity index (χ4n) is 5.48. The Morgan fingerprint density at radius 1 is 0.419 bits per heavy atom. The molecule has 2 rings (SSSR count). The summed E-state index contributed by atoms with van der Waals surface area (Å²) in [5, 5.41) is 3.30. The summed E-state index contributed by atoms with van der Waals surface area (Å²) in [6.07, 6.45) is 19.1. The van der Waals surface area contributed by atoms with Gasteiger partial charge in [0.15, 0.2) is 0 Å². The van der Waals surface area contributed by atoms with Crippen LogP contribution in [0.1, 0.15) is 133 Å². The molecule has 0 saturated heterocycles. The van der Waals surface area contributed by atoms with Crippen LogP contribution in [0.2, 0.25) is 0 Å². The molecule has 0 amide bonds. The number of hydrogen-bond donors (Lipinski definition) is 0. The Morgan fingerprint density at radius 3 is 1.42 bits per heavy atom. The van der Waals surface area contributed by atoms with E-state index in [4.69, 9.17) is 0 Å². The molecule has 0 heterocycles. The summed E-state index contributed by atoms with van der Waals surface area (Å²) in [4.78, 5) is 0. The van der Waals surface area contributed by atoms with Crippen molar-refractivity contribution >= 4 is 10.8 Å². The molecule has 0 radical (unpaired) electrons. The van der Waals surface area contributed by atoms with Crippen LogP contribution in [0.4, 0.5) is 0 Å². The van der Waals surface area contributed by atoms with E-state index < -0.39 is 0 Å². The van der Waals surface area contributed by atoms with Gasteiger partial charge in [-0.25, -0.2) is 0 Å². The average Bonchev–Trinajstić information content (AvgIpc) is 2.77. The molecule has 0 spiro atoms. The lowest BCUT2D eigenvalue weighted by atomic mass is 9.79. The second-order valence-corrected chi connectivity index (χ2v) is 9.60. The van der Waals surface area contributed by atoms with Crippen molar-refractivity contribution in [2.45, 2.75) is 138 Å². The van der Waals surface area contributed by atoms with Gasteiger partial charge in [-0.3, -0.25) is 0 Å². The van der Waals surface area contributed by atoms with Crippen LogP contribution in [0.15, 0.2) is 12.1 Å². The van der Waals surface area contributed by atoms with Gasteiger partial charge >= 0.3 is 0 Å². The number of benzene rings is 2. The highest BCUT2D eigenvalue weighted by Crippen LogP contribution is 2.38. The van der Waals surface area contributed by atoms with E-state index in [2.05, 4.69) is 53.7 Å². The van der Waals surface area contributed by atoms with Crippen LogP contribution >= 0.6 is 0 Å². The Balaban J connectivity index is 2.95. The van der Waals surface area contributed by atoms with Crippen molar-refractivity contribution in [1.82, 2.24) is 0 Å². The monoisotopic (exact) mass is 422 g/mol. The van der Waals surface area contributed by atoms with E-state index in [1.54, 1.807) is 44.2 Å². The van der Waals surface area contributed by atoms with Gasteiger partial charge in [0.1, 0.15) is 0 Å². The highest BCUT2D eigenvalue weighted by molar-refractivity contribution is 5.95. The topological polar surface area (TPSA) is 0 Å². The predicted molar refractivity (Wildman–Crippen MR) is 142 cm³/mol. The van der Waals surface area contributed by atoms with Gasteiger partial charge in [0.05, 0.1) is 0 Å². The van der Waals surface area contributed by atoms with Gasteiger partial charge in [-0.2, -0.15) is 0 Å². The summed E-state index contributed by atoms with van der Waals surface area (Å²) < 4.78 is 0. The van der Waals surface area contributed by atoms with Crippen LogP contribution in [0, 0.1) is 0 Å². The highest BCUT2D eigenvalue weighted by Gasteiger charge is 2.21. The summed E-state index contributed by atoms with van der Waals surface area (Å²) in [5.74, 6) is 0. The first-order chi connectivity index (χ1) is 15.2. The Hall–Kier alpha value is -1.30. The summed E-state index contributed by atoms with van der Waals surface area (Å²) in [7, 11) is 0. The maximum absolute atomic E-state index is 2.53. The molecule has 2 aromatic carbocycles. The second kappa shape index (κ2) is 14.0. The highest BCUT2D eigenvalue weighted by atomic mass is 14.3. The summed E-state index contributed by atoms with van der Waals surface area (Å²) >= 11 is 0. The quantitative estimate of drug-likeness (QED) is 0.268. The molecule has 0 N–H and O–H groups in total. The molecular weight excluding hydrogens is 372 g/mol. The molecule has 0 aliphatic rings. The van der Waals surface area contributed by atoms with Crippen LogP contribution in [0.3, 0.4) is 0 Å². The number of rotatable bonds is 15. The number of unbranched alkanes of at least 4 members (excludes halogenated alkanes) is 3. The maximum Gasteiger partial charge on any atom is -0.0111 e. The maximum atomic E-state index is 2.53. The largest absolute Gasteiger partial charge is 0.0654 e. The first kappa shape index (κ1) is 26.0. The van der Waals surface area contributed by atoms with E-state index in [0.717, 1.165) is 0 Å². The van der Waals surface area contributed by atoms with Crippen molar-refractivity contribution in [1.29, 1.82) is 0 Å². The second-order valence-electron chi connectivity index (χ2n) is 9.60. The van der Waals surface area contributed by atoms with E-state index in [-0.39, 0.29) is 0 Å². The molecule has 31 heavy (non-hydrogen) atoms. The van der Waals surface area contributed by atoms with E-state index in [0.29, 0.717) is 0 Å². The smallest absolute Gasteiger partial charge is 0.0111 e. The molecule has 2 aromatic rings. The Morgan fingerprint density at radius 2 is 0.903 bits per heavy atom. The molecule has 0 fully saturated rings. The summed E-state index contributed by atoms with van der Waals surface area (Å²) in [6.45, 7) is 14.1. The molecule has 0 unspecified atom stereocenters. The molecule has 174 valence electrons. The van der Waals surface area contributed by atoms with Crippen LogP contribution < -0.4 is 0 Å². The Bertz CT molecular complexity index is 796. The van der Waals surface area contributed by atoms with E-state index in [1.165, 1.54) is 96.3 Å². The van der Waals surface area contributed by atoms with Crippen molar-refractivity contribution < 1.29 is 0 Å². The summed E-state index contributed by atoms with van der Waals surface area (Å²) in [5.41, 5.74) is 10.3. The number of hydrogen-bond acceptors (Lipinski definition) is 0. The van der Waals surface area contributed by atoms with Crippen LogP contribution in [0.25, 0.3) is 10.8 Å². The minimum atomic E-state index is 1.23. The van der Waals surface area contributed by atoms with Crippen LogP contribution in [-0.2, 0) is 38.5 Å². The van der Waals surface area contributed by atoms with E-state index in [1.807, 2.05) is 0 Å². The zero-order valence-corrected chi connectivity index (χ0v) is 21.8. The first-order valence-corrected chi connectivity index (χ1v) is 13.8. The van der Waals surface area contributed by atoms with Crippen molar-refractivity contribution in [2.24, 2.45) is 0 Å². The van der Waals surface area contributed by atoms with E-state index in [9.17, 15) is 0 Å². The Labute approximate surface area is 194 Å². The minimum Gasteiger partial charge on any atom is -0.0654 e. The molecule has 0 atom stereocenters. The van der Waals surface area contributed by atoms with Crippen molar-refractivity contribution in [3.05, 3.63) is 45.5 Å². The minimum absolute atomic E-state index is 1.23. The van der Waals surface area contributed by atoms with Gasteiger partial charge in [0.25, 0.3) is 0 Å². The molecule has 0 heteroatoms. The van der Waals surface area contributed by atoms with Crippen molar-refractivity contribution in [2.75, 3.05) is 0 Å². The fraction of sp³-hybridized carbons (Fsp3) is 0.677. The van der Waals surface area contributed by atoms with E-state index >= 15 is 0 Å². The van der Waals surface area contributed by atoms with Crippen LogP contribution in [0.5, 0.6) is 0 Å². The van der Waals surface area contributed by atoms with Crippen LogP contribution in [-0.4, -0.2) is 0 Å². The predicted octanol–water partition coefficient (Wildman–Crippen LogP) is 9.73. The number of fused-ring (bicyclic) bond motifs is 1. The van der Waals surface area contributed by atoms with Crippen molar-refractivity contribution in [3.63, 3.8) is 0 Å². The SMILES string of the molecule is CCCCc1c(CCCC)c(CCC)c2c(CCC)c(CCC)ccc2c1CCCC. The summed E-state index contributed by atoms with van der Waals surface area (Å²) in [6, 6.07) is 5.03. The normalized spacial score (nSPS) is 11.5. The lowest BCUT2D eigenvalue weighted by molar-refractivity contribution is 0.730. The first-order valence-electron chi connectivity index (χ1n) is 13.8. The average molecular weight is 423 g/mol. The third kappa shape index (κ3) is 6.36. The molecule has 0 saturated carbocycles. The lowest BCUT2D eigenvalue weighted by Gasteiger charge is -2.26. The third-order valence-corrected chi connectivity index (χ3v) is 6.99. The molecule has 0 aromatic heterocycles. The van der Waals surface area contributed by atoms with Gasteiger partial charge in [0.2, 0.25) is 0 Å². The van der Waals surface area contributed by atoms with Gasteiger partial charge in [0, 0.05) is 0 Å². The zero-order chi connectivity index (χ0) is 22.6. The molecule has 0 aliphatic heterocycles. The van der Waals surface area contributed by atoms with Gasteiger partial charge < -0.3 is 0 Å². The third-order valence-electron chi connectivity index (χ3n) is 6.99. The Kier molecular flexibility index (Phi) is 11.7.